The lowest BCUT2D eigenvalue weighted by atomic mass is 9.94. The van der Waals surface area contributed by atoms with Crippen LogP contribution < -0.4 is 0 Å². The summed E-state index contributed by atoms with van der Waals surface area (Å²) >= 11 is 9.78. The van der Waals surface area contributed by atoms with Gasteiger partial charge in [-0.2, -0.15) is 0 Å². The van der Waals surface area contributed by atoms with Gasteiger partial charge in [-0.1, -0.05) is 62.7 Å². The van der Waals surface area contributed by atoms with E-state index in [4.69, 9.17) is 20.8 Å². The van der Waals surface area contributed by atoms with Crippen molar-refractivity contribution < 1.29 is 19.1 Å². The number of likely N-dealkylation sites (tertiary alicyclic amines) is 1. The molecule has 8 nitrogen and oxygen atoms in total. The molecule has 1 amide bonds. The van der Waals surface area contributed by atoms with Crippen molar-refractivity contribution >= 4 is 53.1 Å². The molecule has 218 valence electrons. The number of carbonyl (C=O) groups is 1. The van der Waals surface area contributed by atoms with Gasteiger partial charge in [-0.05, 0) is 65.3 Å². The monoisotopic (exact) mass is 650 g/mol. The summed E-state index contributed by atoms with van der Waals surface area (Å²) in [6.07, 6.45) is 3.94. The third-order valence-electron chi connectivity index (χ3n) is 7.03. The Morgan fingerprint density at radius 1 is 1.25 bits per heavy atom. The maximum Gasteiger partial charge on any atom is 0.410 e. The van der Waals surface area contributed by atoms with E-state index in [0.717, 1.165) is 24.4 Å². The number of amides is 1. The number of rotatable bonds is 9. The summed E-state index contributed by atoms with van der Waals surface area (Å²) in [5.74, 6) is 0. The Kier molecular flexibility index (Phi) is 9.98. The molecular weight excluding hydrogens is 612 g/mol. The number of imidazole rings is 1. The highest BCUT2D eigenvalue weighted by molar-refractivity contribution is 9.10. The van der Waals surface area contributed by atoms with Gasteiger partial charge in [0.2, 0.25) is 0 Å². The highest BCUT2D eigenvalue weighted by atomic mass is 79.9. The lowest BCUT2D eigenvalue weighted by Gasteiger charge is -2.45. The lowest BCUT2D eigenvalue weighted by molar-refractivity contribution is -0.0119. The van der Waals surface area contributed by atoms with Gasteiger partial charge < -0.3 is 23.7 Å². The van der Waals surface area contributed by atoms with E-state index < -0.39 is 14.4 Å². The van der Waals surface area contributed by atoms with Crippen LogP contribution in [0.5, 0.6) is 0 Å². The number of hydrogen-bond acceptors (Lipinski definition) is 6. The number of aliphatic hydroxyl groups is 1. The Labute approximate surface area is 251 Å². The van der Waals surface area contributed by atoms with Crippen LogP contribution in [0.1, 0.15) is 45.6 Å². The molecule has 4 rings (SSSR count). The molecule has 0 spiro atoms. The first-order valence-electron chi connectivity index (χ1n) is 13.8. The summed E-state index contributed by atoms with van der Waals surface area (Å²) in [4.78, 5) is 24.0. The zero-order valence-electron chi connectivity index (χ0n) is 23.9. The molecule has 1 aliphatic rings. The fourth-order valence-corrected chi connectivity index (χ4v) is 10.1. The Bertz CT molecular complexity index is 1300. The van der Waals surface area contributed by atoms with Gasteiger partial charge in [-0.15, -0.1) is 0 Å². The molecule has 3 aromatic rings. The van der Waals surface area contributed by atoms with Crippen molar-refractivity contribution in [3.63, 3.8) is 0 Å². The average Bonchev–Trinajstić information content (AvgIpc) is 3.27. The molecule has 1 saturated heterocycles. The van der Waals surface area contributed by atoms with E-state index in [9.17, 15) is 9.90 Å². The normalized spacial score (nSPS) is 19.1. The number of pyridine rings is 1. The maximum atomic E-state index is 13.4. The Morgan fingerprint density at radius 2 is 1.98 bits per heavy atom. The second kappa shape index (κ2) is 12.9. The van der Waals surface area contributed by atoms with Crippen LogP contribution in [0.25, 0.3) is 11.2 Å². The van der Waals surface area contributed by atoms with E-state index in [-0.39, 0.29) is 36.8 Å². The smallest absolute Gasteiger partial charge is 0.410 e. The number of halogens is 2. The molecule has 3 heterocycles. The van der Waals surface area contributed by atoms with E-state index in [1.54, 1.807) is 22.0 Å². The number of carbonyl (C=O) groups excluding carboxylic acids is 1. The van der Waals surface area contributed by atoms with Crippen LogP contribution in [0, 0.1) is 5.41 Å². The molecule has 3 atom stereocenters. The lowest BCUT2D eigenvalue weighted by Crippen LogP contribution is -2.56. The molecule has 0 bridgehead atoms. The van der Waals surface area contributed by atoms with Gasteiger partial charge in [0.25, 0.3) is 0 Å². The average molecular weight is 652 g/mol. The van der Waals surface area contributed by atoms with Crippen LogP contribution >= 0.6 is 27.5 Å². The molecule has 1 aromatic carbocycles. The molecule has 1 unspecified atom stereocenters. The zero-order valence-corrected chi connectivity index (χ0v) is 27.3. The van der Waals surface area contributed by atoms with Gasteiger partial charge in [0.1, 0.15) is 12.1 Å². The number of hydrogen-bond donors (Lipinski definition) is 1. The molecule has 0 saturated carbocycles. The fraction of sp³-hybridized carbons (Fsp3) is 0.552. The van der Waals surface area contributed by atoms with Gasteiger partial charge in [0.15, 0.2) is 14.0 Å². The van der Waals surface area contributed by atoms with Crippen molar-refractivity contribution in [2.75, 3.05) is 6.54 Å². The molecule has 1 aliphatic heterocycles. The van der Waals surface area contributed by atoms with Crippen molar-refractivity contribution in [3.8, 4) is 0 Å². The third kappa shape index (κ3) is 8.06. The van der Waals surface area contributed by atoms with Gasteiger partial charge in [0, 0.05) is 12.7 Å². The molecule has 11 heteroatoms. The first-order chi connectivity index (χ1) is 18.8. The van der Waals surface area contributed by atoms with Crippen molar-refractivity contribution in [2.24, 2.45) is 5.41 Å². The van der Waals surface area contributed by atoms with Gasteiger partial charge >= 0.3 is 6.09 Å². The topological polar surface area (TPSA) is 89.7 Å². The van der Waals surface area contributed by atoms with Crippen LogP contribution in [0.15, 0.2) is 47.3 Å². The van der Waals surface area contributed by atoms with Crippen LogP contribution in [0.4, 0.5) is 4.79 Å². The van der Waals surface area contributed by atoms with Crippen molar-refractivity contribution in [2.45, 2.75) is 90.6 Å². The Balaban J connectivity index is 1.53. The largest absolute Gasteiger partial charge is 0.445 e. The predicted molar refractivity (Wildman–Crippen MR) is 164 cm³/mol. The fourth-order valence-electron chi connectivity index (χ4n) is 5.86. The molecule has 0 radical (unpaired) electrons. The first-order valence-corrected chi connectivity index (χ1v) is 18.1. The third-order valence-corrected chi connectivity index (χ3v) is 11.1. The summed E-state index contributed by atoms with van der Waals surface area (Å²) < 4.78 is 15.1. The standard InChI is InChI=1S/C29H40BrClN4O4Si/c1-29(2,3)18-40(4,5)39-24-12-9-13-35(28(37)38-17-20-10-7-6-8-11-20)23(24)14-21(36)16-34-19-33-26-25(31)22(30)15-32-27(26)34/h6-8,10-11,15,19,21,23-24,36H,9,12-14,16-18H2,1-5H3/t21?,23-,24+/m1/s1. The summed E-state index contributed by atoms with van der Waals surface area (Å²) in [6, 6.07) is 10.3. The van der Waals surface area contributed by atoms with E-state index >= 15 is 0 Å². The molecule has 1 fully saturated rings. The van der Waals surface area contributed by atoms with E-state index in [1.807, 2.05) is 30.3 Å². The maximum absolute atomic E-state index is 13.4. The SMILES string of the molecule is CC(C)(C)C[Si](C)(C)O[C@H]1CCCN(C(=O)OCc2ccccc2)[C@@H]1CC(O)Cn1cnc2c(Cl)c(Br)cnc21. The highest BCUT2D eigenvalue weighted by Crippen LogP contribution is 2.34. The minimum Gasteiger partial charge on any atom is -0.445 e. The van der Waals surface area contributed by atoms with Crippen LogP contribution in [0.3, 0.4) is 0 Å². The molecule has 2 aromatic heterocycles. The van der Waals surface area contributed by atoms with Crippen molar-refractivity contribution in [3.05, 3.63) is 57.9 Å². The number of aliphatic hydroxyl groups excluding tert-OH is 1. The summed E-state index contributed by atoms with van der Waals surface area (Å²) in [5.41, 5.74) is 2.24. The summed E-state index contributed by atoms with van der Waals surface area (Å²) in [5, 5.41) is 11.8. The number of ether oxygens (including phenoxy) is 1. The number of benzene rings is 1. The zero-order chi connectivity index (χ0) is 29.1. The number of fused-ring (bicyclic) bond motifs is 1. The van der Waals surface area contributed by atoms with Crippen molar-refractivity contribution in [1.29, 1.82) is 0 Å². The van der Waals surface area contributed by atoms with E-state index in [1.165, 1.54) is 0 Å². The number of nitrogens with zero attached hydrogens (tertiary/aromatic N) is 4. The van der Waals surface area contributed by atoms with Gasteiger partial charge in [-0.25, -0.2) is 14.8 Å². The summed E-state index contributed by atoms with van der Waals surface area (Å²) in [7, 11) is -2.07. The second-order valence-electron chi connectivity index (χ2n) is 12.5. The number of piperidine rings is 1. The predicted octanol–water partition coefficient (Wildman–Crippen LogP) is 7.04. The number of aromatic nitrogens is 3. The molecular formula is C29H40BrClN4O4Si. The molecule has 0 aliphatic carbocycles. The first kappa shape index (κ1) is 31.0. The van der Waals surface area contributed by atoms with Crippen LogP contribution in [-0.2, 0) is 22.3 Å². The van der Waals surface area contributed by atoms with Crippen LogP contribution in [0.2, 0.25) is 24.2 Å². The molecule has 1 N–H and O–H groups in total. The van der Waals surface area contributed by atoms with E-state index in [2.05, 4.69) is 59.8 Å². The Morgan fingerprint density at radius 3 is 2.67 bits per heavy atom. The molecule has 40 heavy (non-hydrogen) atoms. The summed E-state index contributed by atoms with van der Waals surface area (Å²) in [6.45, 7) is 12.2. The highest BCUT2D eigenvalue weighted by Gasteiger charge is 2.41. The van der Waals surface area contributed by atoms with Crippen molar-refractivity contribution in [1.82, 2.24) is 19.4 Å². The quantitative estimate of drug-likeness (QED) is 0.250. The minimum absolute atomic E-state index is 0.138. The van der Waals surface area contributed by atoms with Gasteiger partial charge in [-0.3, -0.25) is 0 Å². The Hall–Kier alpha value is -1.98. The van der Waals surface area contributed by atoms with Gasteiger partial charge in [0.05, 0.1) is 40.6 Å². The van der Waals surface area contributed by atoms with Crippen LogP contribution in [-0.4, -0.2) is 63.7 Å². The second-order valence-corrected chi connectivity index (χ2v) is 17.8. The minimum atomic E-state index is -2.07. The van der Waals surface area contributed by atoms with E-state index in [0.29, 0.717) is 33.6 Å².